The summed E-state index contributed by atoms with van der Waals surface area (Å²) in [4.78, 5) is 10.4. The molecule has 2 aromatic rings. The van der Waals surface area contributed by atoms with Gasteiger partial charge in [-0.15, -0.1) is 0 Å². The first-order chi connectivity index (χ1) is 9.47. The zero-order valence-electron chi connectivity index (χ0n) is 10.7. The number of nitrogens with one attached hydrogen (secondary N) is 1. The summed E-state index contributed by atoms with van der Waals surface area (Å²) in [5.41, 5.74) is 2.08. The molecule has 20 heavy (non-hydrogen) atoms. The molecule has 4 nitrogen and oxygen atoms in total. The molecular weight excluding hydrogens is 327 g/mol. The highest BCUT2D eigenvalue weighted by Crippen LogP contribution is 2.23. The van der Waals surface area contributed by atoms with Crippen LogP contribution in [0.4, 0.5) is 15.8 Å². The summed E-state index contributed by atoms with van der Waals surface area (Å²) >= 11 is 3.37. The van der Waals surface area contributed by atoms with Crippen LogP contribution >= 0.6 is 15.9 Å². The SMILES string of the molecule is Cc1cc(Br)ccc1NCc1cc(F)ccc1[N+](=O)[O-]. The van der Waals surface area contributed by atoms with Crippen LogP contribution < -0.4 is 5.32 Å². The molecule has 2 aromatic carbocycles. The van der Waals surface area contributed by atoms with Gasteiger partial charge in [-0.2, -0.15) is 0 Å². The van der Waals surface area contributed by atoms with Crippen LogP contribution in [0.1, 0.15) is 11.1 Å². The van der Waals surface area contributed by atoms with Gasteiger partial charge in [-0.25, -0.2) is 4.39 Å². The highest BCUT2D eigenvalue weighted by atomic mass is 79.9. The molecule has 0 heterocycles. The lowest BCUT2D eigenvalue weighted by molar-refractivity contribution is -0.385. The molecule has 6 heteroatoms. The maximum atomic E-state index is 13.2. The van der Waals surface area contributed by atoms with Crippen LogP contribution in [0.5, 0.6) is 0 Å². The van der Waals surface area contributed by atoms with Gasteiger partial charge < -0.3 is 5.32 Å². The Morgan fingerprint density at radius 3 is 2.70 bits per heavy atom. The van der Waals surface area contributed by atoms with Crippen molar-refractivity contribution in [3.05, 3.63) is 67.9 Å². The van der Waals surface area contributed by atoms with Gasteiger partial charge in [-0.05, 0) is 42.8 Å². The highest BCUT2D eigenvalue weighted by Gasteiger charge is 2.14. The third-order valence-electron chi connectivity index (χ3n) is 2.90. The fraction of sp³-hybridized carbons (Fsp3) is 0.143. The minimum atomic E-state index is -0.509. The number of nitro groups is 1. The minimum Gasteiger partial charge on any atom is -0.380 e. The summed E-state index contributed by atoms with van der Waals surface area (Å²) in [7, 11) is 0. The summed E-state index contributed by atoms with van der Waals surface area (Å²) in [6.45, 7) is 2.11. The minimum absolute atomic E-state index is 0.0892. The first-order valence-corrected chi connectivity index (χ1v) is 6.69. The largest absolute Gasteiger partial charge is 0.380 e. The molecule has 0 saturated heterocycles. The number of halogens is 2. The summed E-state index contributed by atoms with van der Waals surface area (Å²) < 4.78 is 14.2. The topological polar surface area (TPSA) is 55.2 Å². The third-order valence-corrected chi connectivity index (χ3v) is 3.39. The predicted molar refractivity (Wildman–Crippen MR) is 79.3 cm³/mol. The Bertz CT molecular complexity index is 662. The summed E-state index contributed by atoms with van der Waals surface area (Å²) in [6, 6.07) is 9.12. The lowest BCUT2D eigenvalue weighted by atomic mass is 10.1. The number of nitro benzene ring substituents is 1. The summed E-state index contributed by atoms with van der Waals surface area (Å²) in [5.74, 6) is -0.486. The number of hydrogen-bond donors (Lipinski definition) is 1. The van der Waals surface area contributed by atoms with Gasteiger partial charge in [0.15, 0.2) is 0 Å². The molecule has 0 aliphatic heterocycles. The molecule has 0 bridgehead atoms. The molecule has 0 atom stereocenters. The fourth-order valence-electron chi connectivity index (χ4n) is 1.89. The van der Waals surface area contributed by atoms with Crippen molar-refractivity contribution in [1.29, 1.82) is 0 Å². The molecule has 104 valence electrons. The van der Waals surface area contributed by atoms with Gasteiger partial charge in [-0.3, -0.25) is 10.1 Å². The molecule has 0 fully saturated rings. The first kappa shape index (κ1) is 14.5. The molecular formula is C14H12BrFN2O2. The zero-order valence-corrected chi connectivity index (χ0v) is 12.3. The van der Waals surface area contributed by atoms with Gasteiger partial charge in [0.25, 0.3) is 5.69 Å². The number of nitrogens with zero attached hydrogens (tertiary/aromatic N) is 1. The highest BCUT2D eigenvalue weighted by molar-refractivity contribution is 9.10. The van der Waals surface area contributed by atoms with Gasteiger partial charge in [-0.1, -0.05) is 15.9 Å². The normalized spacial score (nSPS) is 10.3. The Balaban J connectivity index is 2.22. The second kappa shape index (κ2) is 6.00. The van der Waals surface area contributed by atoms with E-state index in [9.17, 15) is 14.5 Å². The molecule has 0 unspecified atom stereocenters. The molecule has 0 saturated carbocycles. The average molecular weight is 339 g/mol. The number of rotatable bonds is 4. The second-order valence-corrected chi connectivity index (χ2v) is 5.26. The van der Waals surface area contributed by atoms with Crippen LogP contribution in [0.25, 0.3) is 0 Å². The summed E-state index contributed by atoms with van der Waals surface area (Å²) in [5, 5.41) is 14.0. The number of anilines is 1. The van der Waals surface area contributed by atoms with Gasteiger partial charge in [0.1, 0.15) is 5.82 Å². The quantitative estimate of drug-likeness (QED) is 0.663. The van der Waals surface area contributed by atoms with Crippen molar-refractivity contribution in [3.8, 4) is 0 Å². The van der Waals surface area contributed by atoms with E-state index in [-0.39, 0.29) is 12.2 Å². The molecule has 0 amide bonds. The molecule has 0 aliphatic rings. The Morgan fingerprint density at radius 1 is 1.30 bits per heavy atom. The van der Waals surface area contributed by atoms with E-state index in [1.54, 1.807) is 0 Å². The van der Waals surface area contributed by atoms with E-state index >= 15 is 0 Å². The summed E-state index contributed by atoms with van der Waals surface area (Å²) in [6.07, 6.45) is 0. The van der Waals surface area contributed by atoms with E-state index in [0.717, 1.165) is 21.8 Å². The van der Waals surface area contributed by atoms with Crippen molar-refractivity contribution < 1.29 is 9.31 Å². The van der Waals surface area contributed by atoms with E-state index in [0.29, 0.717) is 5.56 Å². The van der Waals surface area contributed by atoms with Crippen LogP contribution in [0.15, 0.2) is 40.9 Å². The second-order valence-electron chi connectivity index (χ2n) is 4.34. The molecule has 0 spiro atoms. The molecule has 2 rings (SSSR count). The van der Waals surface area contributed by atoms with Crippen LogP contribution in [-0.4, -0.2) is 4.92 Å². The van der Waals surface area contributed by atoms with E-state index in [2.05, 4.69) is 21.2 Å². The van der Waals surface area contributed by atoms with Gasteiger partial charge in [0, 0.05) is 22.8 Å². The van der Waals surface area contributed by atoms with E-state index in [1.807, 2.05) is 25.1 Å². The van der Waals surface area contributed by atoms with Crippen LogP contribution in [0.2, 0.25) is 0 Å². The van der Waals surface area contributed by atoms with Crippen LogP contribution in [0, 0.1) is 22.9 Å². The smallest absolute Gasteiger partial charge is 0.274 e. The molecule has 0 radical (unpaired) electrons. The Kier molecular flexibility index (Phi) is 4.34. The molecule has 0 aromatic heterocycles. The predicted octanol–water partition coefficient (Wildman–Crippen LogP) is 4.42. The standard InChI is InChI=1S/C14H12BrFN2O2/c1-9-6-11(15)2-4-13(9)17-8-10-7-12(16)3-5-14(10)18(19)20/h2-7,17H,8H2,1H3. The van der Waals surface area contributed by atoms with Gasteiger partial charge in [0.05, 0.1) is 10.5 Å². The maximum Gasteiger partial charge on any atom is 0.274 e. The van der Waals surface area contributed by atoms with Gasteiger partial charge in [0.2, 0.25) is 0 Å². The third kappa shape index (κ3) is 3.33. The van der Waals surface area contributed by atoms with Crippen molar-refractivity contribution in [2.75, 3.05) is 5.32 Å². The maximum absolute atomic E-state index is 13.2. The van der Waals surface area contributed by atoms with Crippen LogP contribution in [-0.2, 0) is 6.54 Å². The van der Waals surface area contributed by atoms with Crippen molar-refractivity contribution in [2.45, 2.75) is 13.5 Å². The Labute approximate surface area is 123 Å². The van der Waals surface area contributed by atoms with Gasteiger partial charge >= 0.3 is 0 Å². The van der Waals surface area contributed by atoms with E-state index in [4.69, 9.17) is 0 Å². The monoisotopic (exact) mass is 338 g/mol. The lowest BCUT2D eigenvalue weighted by Crippen LogP contribution is -2.04. The number of hydrogen-bond acceptors (Lipinski definition) is 3. The van der Waals surface area contributed by atoms with E-state index in [1.165, 1.54) is 12.1 Å². The Morgan fingerprint density at radius 2 is 2.05 bits per heavy atom. The first-order valence-electron chi connectivity index (χ1n) is 5.90. The average Bonchev–Trinajstić information content (AvgIpc) is 2.37. The fourth-order valence-corrected chi connectivity index (χ4v) is 2.37. The van der Waals surface area contributed by atoms with Crippen molar-refractivity contribution in [2.24, 2.45) is 0 Å². The molecule has 1 N–H and O–H groups in total. The van der Waals surface area contributed by atoms with E-state index < -0.39 is 10.7 Å². The van der Waals surface area contributed by atoms with Crippen molar-refractivity contribution >= 4 is 27.3 Å². The zero-order chi connectivity index (χ0) is 14.7. The van der Waals surface area contributed by atoms with Crippen LogP contribution in [0.3, 0.4) is 0 Å². The Hall–Kier alpha value is -1.95. The van der Waals surface area contributed by atoms with Crippen molar-refractivity contribution in [1.82, 2.24) is 0 Å². The number of benzene rings is 2. The van der Waals surface area contributed by atoms with Crippen molar-refractivity contribution in [3.63, 3.8) is 0 Å². The number of aryl methyl sites for hydroxylation is 1. The lowest BCUT2D eigenvalue weighted by Gasteiger charge is -2.10. The molecule has 0 aliphatic carbocycles.